The first kappa shape index (κ1) is 18.4. The van der Waals surface area contributed by atoms with Crippen LogP contribution in [0.4, 0.5) is 0 Å². The molecule has 0 aliphatic carbocycles. The van der Waals surface area contributed by atoms with Crippen LogP contribution in [0.3, 0.4) is 0 Å². The molecule has 1 unspecified atom stereocenters. The molecule has 0 heterocycles. The lowest BCUT2D eigenvalue weighted by atomic mass is 9.88. The Morgan fingerprint density at radius 2 is 1.67 bits per heavy atom. The summed E-state index contributed by atoms with van der Waals surface area (Å²) in [7, 11) is -2.94. The van der Waals surface area contributed by atoms with Crippen LogP contribution in [0, 0.1) is 0 Å². The Morgan fingerprint density at radius 3 is 2.14 bits per heavy atom. The summed E-state index contributed by atoms with van der Waals surface area (Å²) in [5.41, 5.74) is 1.69. The van der Waals surface area contributed by atoms with Crippen molar-refractivity contribution in [3.8, 4) is 0 Å². The molecule has 1 N–H and O–H groups in total. The maximum absolute atomic E-state index is 11.1. The molecule has 0 fully saturated rings. The van der Waals surface area contributed by atoms with Crippen LogP contribution in [0.15, 0.2) is 24.3 Å². The average molecular weight is 312 g/mol. The fourth-order valence-corrected chi connectivity index (χ4v) is 3.50. The number of aryl methyl sites for hydroxylation is 1. The highest BCUT2D eigenvalue weighted by molar-refractivity contribution is 7.32. The van der Waals surface area contributed by atoms with Crippen molar-refractivity contribution in [1.29, 1.82) is 0 Å². The van der Waals surface area contributed by atoms with E-state index in [1.807, 2.05) is 26.0 Å². The number of hydrogen-bond acceptors (Lipinski definition) is 2. The number of hydrogen-bond donors (Lipinski definition) is 1. The van der Waals surface area contributed by atoms with Crippen LogP contribution in [-0.2, 0) is 21.1 Å². The maximum atomic E-state index is 11.1. The molecule has 0 aliphatic rings. The van der Waals surface area contributed by atoms with Gasteiger partial charge in [-0.25, -0.2) is 0 Å². The zero-order valence-electron chi connectivity index (χ0n) is 13.5. The summed E-state index contributed by atoms with van der Waals surface area (Å²) in [5.74, 6) is 0. The van der Waals surface area contributed by atoms with Gasteiger partial charge in [-0.2, -0.15) is 0 Å². The molecule has 0 aromatic heterocycles. The van der Waals surface area contributed by atoms with Crippen LogP contribution >= 0.6 is 8.25 Å². The molecule has 0 bridgehead atoms. The molecule has 0 aliphatic heterocycles. The monoisotopic (exact) mass is 312 g/mol. The molecule has 0 saturated heterocycles. The van der Waals surface area contributed by atoms with Crippen molar-refractivity contribution >= 4 is 8.25 Å². The Labute approximate surface area is 129 Å². The normalized spacial score (nSPS) is 13.3. The van der Waals surface area contributed by atoms with Crippen LogP contribution in [0.5, 0.6) is 0 Å². The first-order chi connectivity index (χ1) is 10.1. The Bertz CT molecular complexity index is 424. The van der Waals surface area contributed by atoms with Gasteiger partial charge in [-0.3, -0.25) is 9.09 Å². The van der Waals surface area contributed by atoms with Gasteiger partial charge in [0.25, 0.3) is 0 Å². The van der Waals surface area contributed by atoms with E-state index in [0.717, 1.165) is 12.0 Å². The zero-order valence-corrected chi connectivity index (χ0v) is 14.5. The van der Waals surface area contributed by atoms with Crippen molar-refractivity contribution in [2.75, 3.05) is 0 Å². The van der Waals surface area contributed by atoms with E-state index in [0.29, 0.717) is 12.8 Å². The van der Waals surface area contributed by atoms with Gasteiger partial charge >= 0.3 is 8.25 Å². The third-order valence-corrected chi connectivity index (χ3v) is 4.79. The van der Waals surface area contributed by atoms with Gasteiger partial charge in [0.2, 0.25) is 0 Å². The summed E-state index contributed by atoms with van der Waals surface area (Å²) in [5, 5.41) is 0. The molecule has 21 heavy (non-hydrogen) atoms. The average Bonchev–Trinajstić information content (AvgIpc) is 2.50. The van der Waals surface area contributed by atoms with Crippen molar-refractivity contribution in [3.63, 3.8) is 0 Å². The third-order valence-electron chi connectivity index (χ3n) is 4.22. The van der Waals surface area contributed by atoms with Crippen molar-refractivity contribution in [2.24, 2.45) is 0 Å². The van der Waals surface area contributed by atoms with Crippen LogP contribution in [0.2, 0.25) is 0 Å². The fraction of sp³-hybridized carbons (Fsp3) is 0.647. The van der Waals surface area contributed by atoms with E-state index in [2.05, 4.69) is 19.1 Å². The molecule has 120 valence electrons. The van der Waals surface area contributed by atoms with Gasteiger partial charge < -0.3 is 4.89 Å². The number of rotatable bonds is 10. The lowest BCUT2D eigenvalue weighted by molar-refractivity contribution is 0.0536. The molecule has 1 aromatic rings. The first-order valence-corrected chi connectivity index (χ1v) is 9.35. The largest absolute Gasteiger partial charge is 0.326 e. The van der Waals surface area contributed by atoms with E-state index in [-0.39, 0.29) is 0 Å². The zero-order chi connectivity index (χ0) is 15.7. The lowest BCUT2D eigenvalue weighted by Crippen LogP contribution is -2.25. The van der Waals surface area contributed by atoms with Crippen LogP contribution in [0.1, 0.15) is 70.4 Å². The van der Waals surface area contributed by atoms with E-state index in [1.165, 1.54) is 31.2 Å². The van der Waals surface area contributed by atoms with Crippen LogP contribution < -0.4 is 0 Å². The minimum absolute atomic E-state index is 0.633. The Balaban J connectivity index is 2.76. The van der Waals surface area contributed by atoms with Gasteiger partial charge in [0.05, 0.1) is 0 Å². The lowest BCUT2D eigenvalue weighted by Gasteiger charge is -2.31. The second-order valence-electron chi connectivity index (χ2n) is 5.58. The van der Waals surface area contributed by atoms with Gasteiger partial charge in [-0.05, 0) is 36.8 Å². The SMILES string of the molecule is CCCCCCc1ccc(C(CC)(CC)O[PH](=O)O)cc1. The molecule has 0 amide bonds. The standard InChI is InChI=1S/C17H29O3P/c1-4-7-8-9-10-15-11-13-16(14-12-15)17(5-2,6-3)20-21(18)19/h11-14,21H,4-10H2,1-3H3,(H,18,19). The summed E-state index contributed by atoms with van der Waals surface area (Å²) in [4.78, 5) is 9.16. The Morgan fingerprint density at radius 1 is 1.05 bits per heavy atom. The van der Waals surface area contributed by atoms with Gasteiger partial charge in [0.15, 0.2) is 0 Å². The first-order valence-electron chi connectivity index (χ1n) is 8.09. The predicted octanol–water partition coefficient (Wildman–Crippen LogP) is 5.22. The second-order valence-corrected chi connectivity index (χ2v) is 6.31. The van der Waals surface area contributed by atoms with Gasteiger partial charge in [-0.1, -0.05) is 64.3 Å². The topological polar surface area (TPSA) is 46.5 Å². The molecule has 1 aromatic carbocycles. The summed E-state index contributed by atoms with van der Waals surface area (Å²) >= 11 is 0. The molecule has 0 radical (unpaired) electrons. The highest BCUT2D eigenvalue weighted by Gasteiger charge is 2.31. The highest BCUT2D eigenvalue weighted by atomic mass is 31.1. The van der Waals surface area contributed by atoms with Crippen molar-refractivity contribution in [1.82, 2.24) is 0 Å². The van der Waals surface area contributed by atoms with Gasteiger partial charge in [-0.15, -0.1) is 0 Å². The Hall–Kier alpha value is -0.630. The molecule has 4 heteroatoms. The van der Waals surface area contributed by atoms with Crippen molar-refractivity contribution in [2.45, 2.75) is 71.3 Å². The summed E-state index contributed by atoms with van der Waals surface area (Å²) in [6.45, 7) is 6.21. The highest BCUT2D eigenvalue weighted by Crippen LogP contribution is 2.40. The third kappa shape index (κ3) is 5.58. The predicted molar refractivity (Wildman–Crippen MR) is 88.9 cm³/mol. The summed E-state index contributed by atoms with van der Waals surface area (Å²) in [6.07, 6.45) is 7.54. The smallest absolute Gasteiger partial charge is 0.317 e. The van der Waals surface area contributed by atoms with E-state index in [4.69, 9.17) is 9.42 Å². The maximum Gasteiger partial charge on any atom is 0.317 e. The van der Waals surface area contributed by atoms with Crippen molar-refractivity contribution < 1.29 is 14.0 Å². The molecule has 3 nitrogen and oxygen atoms in total. The fourth-order valence-electron chi connectivity index (χ4n) is 2.76. The second kappa shape index (κ2) is 9.40. The molecular formula is C17H29O3P. The summed E-state index contributed by atoms with van der Waals surface area (Å²) in [6, 6.07) is 8.35. The van der Waals surface area contributed by atoms with E-state index < -0.39 is 13.9 Å². The van der Waals surface area contributed by atoms with E-state index >= 15 is 0 Å². The minimum Gasteiger partial charge on any atom is -0.326 e. The van der Waals surface area contributed by atoms with E-state index in [1.54, 1.807) is 0 Å². The molecule has 1 rings (SSSR count). The molecule has 0 saturated carbocycles. The van der Waals surface area contributed by atoms with E-state index in [9.17, 15) is 4.57 Å². The quantitative estimate of drug-likeness (QED) is 0.475. The van der Waals surface area contributed by atoms with Crippen LogP contribution in [-0.4, -0.2) is 4.89 Å². The minimum atomic E-state index is -2.94. The Kier molecular flexibility index (Phi) is 8.24. The number of benzene rings is 1. The molecular weight excluding hydrogens is 283 g/mol. The number of unbranched alkanes of at least 4 members (excludes halogenated alkanes) is 3. The molecule has 1 atom stereocenters. The van der Waals surface area contributed by atoms with Gasteiger partial charge in [0.1, 0.15) is 5.60 Å². The van der Waals surface area contributed by atoms with Crippen molar-refractivity contribution in [3.05, 3.63) is 35.4 Å². The summed E-state index contributed by atoms with van der Waals surface area (Å²) < 4.78 is 16.5. The van der Waals surface area contributed by atoms with Crippen LogP contribution in [0.25, 0.3) is 0 Å². The van der Waals surface area contributed by atoms with Gasteiger partial charge in [0, 0.05) is 0 Å². The molecule has 0 spiro atoms.